The molecule has 0 aliphatic carbocycles. The monoisotopic (exact) mass is 358 g/mol. The van der Waals surface area contributed by atoms with Crippen molar-refractivity contribution in [2.45, 2.75) is 25.9 Å². The van der Waals surface area contributed by atoms with E-state index in [1.165, 1.54) is 0 Å². The van der Waals surface area contributed by atoms with E-state index in [-0.39, 0.29) is 24.8 Å². The van der Waals surface area contributed by atoms with E-state index in [2.05, 4.69) is 5.32 Å². The highest BCUT2D eigenvalue weighted by atomic mass is 35.5. The summed E-state index contributed by atoms with van der Waals surface area (Å²) in [6.07, 6.45) is 0.169. The zero-order valence-electron chi connectivity index (χ0n) is 14.1. The fraction of sp³-hybridized carbons (Fsp3) is 0.263. The van der Waals surface area contributed by atoms with Gasteiger partial charge in [-0.15, -0.1) is 0 Å². The number of fused-ring (bicyclic) bond motifs is 1. The minimum Gasteiger partial charge on any atom is -0.476 e. The second-order valence-corrected chi connectivity index (χ2v) is 6.78. The van der Waals surface area contributed by atoms with Crippen LogP contribution in [0.25, 0.3) is 0 Å². The van der Waals surface area contributed by atoms with Crippen LogP contribution in [0.15, 0.2) is 48.5 Å². The van der Waals surface area contributed by atoms with E-state index in [9.17, 15) is 9.59 Å². The molecule has 1 N–H and O–H groups in total. The summed E-state index contributed by atoms with van der Waals surface area (Å²) < 4.78 is 5.77. The van der Waals surface area contributed by atoms with Crippen molar-refractivity contribution < 1.29 is 14.3 Å². The molecule has 0 atom stereocenters. The van der Waals surface area contributed by atoms with Gasteiger partial charge in [0.1, 0.15) is 5.75 Å². The van der Waals surface area contributed by atoms with Crippen molar-refractivity contribution in [1.29, 1.82) is 0 Å². The molecule has 0 saturated carbocycles. The number of hydrogen-bond acceptors (Lipinski definition) is 3. The number of amides is 2. The minimum absolute atomic E-state index is 0.165. The van der Waals surface area contributed by atoms with Gasteiger partial charge in [0.25, 0.3) is 5.91 Å². The number of anilines is 2. The standard InChI is InChI=1S/C19H19ClN2O3/c1-19(2)18(24)22(15-8-3-4-9-16(15)25-19)11-10-17(23)21-14-7-5-6-13(20)12-14/h3-9,12H,10-11H2,1-2H3,(H,21,23). The van der Waals surface area contributed by atoms with Gasteiger partial charge >= 0.3 is 0 Å². The normalized spacial score (nSPS) is 15.3. The highest BCUT2D eigenvalue weighted by Crippen LogP contribution is 2.37. The quantitative estimate of drug-likeness (QED) is 0.902. The Balaban J connectivity index is 1.71. The summed E-state index contributed by atoms with van der Waals surface area (Å²) in [5, 5.41) is 3.34. The molecule has 0 fully saturated rings. The van der Waals surface area contributed by atoms with Crippen molar-refractivity contribution in [3.8, 4) is 5.75 Å². The third-order valence-electron chi connectivity index (χ3n) is 3.95. The molecule has 0 saturated heterocycles. The maximum atomic E-state index is 12.7. The van der Waals surface area contributed by atoms with Gasteiger partial charge in [0, 0.05) is 23.7 Å². The van der Waals surface area contributed by atoms with Gasteiger partial charge in [0.15, 0.2) is 5.60 Å². The first kappa shape index (κ1) is 17.3. The molecule has 0 aromatic heterocycles. The lowest BCUT2D eigenvalue weighted by Crippen LogP contribution is -2.53. The van der Waals surface area contributed by atoms with Crippen molar-refractivity contribution in [3.05, 3.63) is 53.6 Å². The number of nitrogens with one attached hydrogen (secondary N) is 1. The summed E-state index contributed by atoms with van der Waals surface area (Å²) in [6, 6.07) is 14.3. The van der Waals surface area contributed by atoms with Gasteiger partial charge in [-0.1, -0.05) is 29.8 Å². The van der Waals surface area contributed by atoms with Crippen molar-refractivity contribution in [1.82, 2.24) is 0 Å². The molecule has 0 radical (unpaired) electrons. The molecule has 0 bridgehead atoms. The van der Waals surface area contributed by atoms with Gasteiger partial charge in [-0.3, -0.25) is 9.59 Å². The second-order valence-electron chi connectivity index (χ2n) is 6.35. The van der Waals surface area contributed by atoms with Crippen molar-refractivity contribution >= 4 is 34.8 Å². The zero-order valence-corrected chi connectivity index (χ0v) is 14.8. The van der Waals surface area contributed by atoms with E-state index in [0.29, 0.717) is 22.1 Å². The summed E-state index contributed by atoms with van der Waals surface area (Å²) in [5.74, 6) is 0.293. The number of nitrogens with zero attached hydrogens (tertiary/aromatic N) is 1. The maximum absolute atomic E-state index is 12.7. The molecule has 130 valence electrons. The van der Waals surface area contributed by atoms with Gasteiger partial charge in [-0.05, 0) is 44.2 Å². The first-order valence-corrected chi connectivity index (χ1v) is 8.40. The molecule has 5 nitrogen and oxygen atoms in total. The van der Waals surface area contributed by atoms with Gasteiger partial charge in [-0.25, -0.2) is 0 Å². The lowest BCUT2D eigenvalue weighted by Gasteiger charge is -2.38. The minimum atomic E-state index is -0.961. The fourth-order valence-electron chi connectivity index (χ4n) is 2.74. The SMILES string of the molecule is CC1(C)Oc2ccccc2N(CCC(=O)Nc2cccc(Cl)c2)C1=O. The first-order chi connectivity index (χ1) is 11.9. The Bertz CT molecular complexity index is 820. The number of ether oxygens (including phenoxy) is 1. The predicted octanol–water partition coefficient (Wildman–Crippen LogP) is 3.87. The molecule has 1 aliphatic rings. The Morgan fingerprint density at radius 1 is 1.20 bits per heavy atom. The van der Waals surface area contributed by atoms with Crippen LogP contribution in [0.5, 0.6) is 5.75 Å². The fourth-order valence-corrected chi connectivity index (χ4v) is 2.93. The molecule has 6 heteroatoms. The Morgan fingerprint density at radius 2 is 1.96 bits per heavy atom. The van der Waals surface area contributed by atoms with E-state index in [1.807, 2.05) is 24.3 Å². The van der Waals surface area contributed by atoms with E-state index in [4.69, 9.17) is 16.3 Å². The molecule has 2 aromatic carbocycles. The molecule has 0 unspecified atom stereocenters. The van der Waals surface area contributed by atoms with Gasteiger partial charge < -0.3 is 15.0 Å². The highest BCUT2D eigenvalue weighted by Gasteiger charge is 2.40. The first-order valence-electron chi connectivity index (χ1n) is 8.02. The summed E-state index contributed by atoms with van der Waals surface area (Å²) in [5.41, 5.74) is 0.353. The lowest BCUT2D eigenvalue weighted by atomic mass is 10.0. The maximum Gasteiger partial charge on any atom is 0.270 e. The molecule has 2 amide bonds. The van der Waals surface area contributed by atoms with Crippen LogP contribution < -0.4 is 15.0 Å². The molecular weight excluding hydrogens is 340 g/mol. The Kier molecular flexibility index (Phi) is 4.68. The number of benzene rings is 2. The summed E-state index contributed by atoms with van der Waals surface area (Å²) in [4.78, 5) is 26.5. The van der Waals surface area contributed by atoms with E-state index >= 15 is 0 Å². The van der Waals surface area contributed by atoms with Crippen molar-refractivity contribution in [3.63, 3.8) is 0 Å². The Labute approximate surface area is 151 Å². The Hall–Kier alpha value is -2.53. The third kappa shape index (κ3) is 3.77. The summed E-state index contributed by atoms with van der Waals surface area (Å²) >= 11 is 5.92. The van der Waals surface area contributed by atoms with Crippen molar-refractivity contribution in [2.24, 2.45) is 0 Å². The smallest absolute Gasteiger partial charge is 0.270 e. The molecule has 2 aromatic rings. The van der Waals surface area contributed by atoms with Crippen LogP contribution in [0.1, 0.15) is 20.3 Å². The number of hydrogen-bond donors (Lipinski definition) is 1. The van der Waals surface area contributed by atoms with Gasteiger partial charge in [-0.2, -0.15) is 0 Å². The average Bonchev–Trinajstić information content (AvgIpc) is 2.55. The molecule has 1 heterocycles. The van der Waals surface area contributed by atoms with Crippen LogP contribution >= 0.6 is 11.6 Å². The van der Waals surface area contributed by atoms with Crippen LogP contribution in [0.3, 0.4) is 0 Å². The number of halogens is 1. The number of carbonyl (C=O) groups is 2. The second kappa shape index (κ2) is 6.76. The lowest BCUT2D eigenvalue weighted by molar-refractivity contribution is -0.132. The highest BCUT2D eigenvalue weighted by molar-refractivity contribution is 6.30. The molecule has 25 heavy (non-hydrogen) atoms. The van der Waals surface area contributed by atoms with E-state index in [1.54, 1.807) is 43.0 Å². The summed E-state index contributed by atoms with van der Waals surface area (Å²) in [7, 11) is 0. The van der Waals surface area contributed by atoms with Crippen LogP contribution in [-0.2, 0) is 9.59 Å². The molecule has 3 rings (SSSR count). The molecular formula is C19H19ClN2O3. The van der Waals surface area contributed by atoms with E-state index < -0.39 is 5.60 Å². The number of para-hydroxylation sites is 2. The zero-order chi connectivity index (χ0) is 18.0. The number of rotatable bonds is 4. The average molecular weight is 359 g/mol. The summed E-state index contributed by atoms with van der Waals surface area (Å²) in [6.45, 7) is 3.73. The van der Waals surface area contributed by atoms with Crippen LogP contribution in [-0.4, -0.2) is 24.0 Å². The largest absolute Gasteiger partial charge is 0.476 e. The van der Waals surface area contributed by atoms with Crippen LogP contribution in [0, 0.1) is 0 Å². The third-order valence-corrected chi connectivity index (χ3v) is 4.19. The molecule has 1 aliphatic heterocycles. The van der Waals surface area contributed by atoms with Crippen molar-refractivity contribution in [2.75, 3.05) is 16.8 Å². The van der Waals surface area contributed by atoms with E-state index in [0.717, 1.165) is 0 Å². The number of carbonyl (C=O) groups excluding carboxylic acids is 2. The van der Waals surface area contributed by atoms with Gasteiger partial charge in [0.05, 0.1) is 5.69 Å². The Morgan fingerprint density at radius 3 is 2.72 bits per heavy atom. The van der Waals surface area contributed by atoms with Gasteiger partial charge in [0.2, 0.25) is 5.91 Å². The van der Waals surface area contributed by atoms with Crippen LogP contribution in [0.4, 0.5) is 11.4 Å². The molecule has 0 spiro atoms. The topological polar surface area (TPSA) is 58.6 Å². The van der Waals surface area contributed by atoms with Crippen LogP contribution in [0.2, 0.25) is 5.02 Å². The predicted molar refractivity (Wildman–Crippen MR) is 98.2 cm³/mol.